The molecule has 6 heteroatoms. The number of hydrogen-bond acceptors (Lipinski definition) is 3. The summed E-state index contributed by atoms with van der Waals surface area (Å²) in [4.78, 5) is 4.04. The number of rotatable bonds is 2. The van der Waals surface area contributed by atoms with Gasteiger partial charge in [0.25, 0.3) is 0 Å². The normalized spacial score (nSPS) is 16.3. The standard InChI is InChI=1S/C21H13ClFN3O/c22-18-9-16-19(12-5-7-13(23)8-6-12)17(10-24)21(26-11-25)27-20(16)15-4-2-1-3-14(15)18/h1-9,11,19H,(H2,25,26). The zero-order valence-electron chi connectivity index (χ0n) is 14.0. The van der Waals surface area contributed by atoms with E-state index < -0.39 is 5.92 Å². The van der Waals surface area contributed by atoms with Crippen molar-refractivity contribution in [2.45, 2.75) is 5.92 Å². The third-order valence-corrected chi connectivity index (χ3v) is 4.83. The van der Waals surface area contributed by atoms with E-state index in [2.05, 4.69) is 11.1 Å². The van der Waals surface area contributed by atoms with E-state index >= 15 is 0 Å². The average Bonchev–Trinajstić information content (AvgIpc) is 2.69. The van der Waals surface area contributed by atoms with E-state index in [0.29, 0.717) is 10.8 Å². The molecular formula is C21H13ClFN3O. The minimum absolute atomic E-state index is 0.120. The van der Waals surface area contributed by atoms with Gasteiger partial charge >= 0.3 is 0 Å². The molecule has 27 heavy (non-hydrogen) atoms. The van der Waals surface area contributed by atoms with Crippen LogP contribution in [-0.4, -0.2) is 6.34 Å². The number of nitriles is 1. The smallest absolute Gasteiger partial charge is 0.235 e. The van der Waals surface area contributed by atoms with Crippen molar-refractivity contribution in [1.82, 2.24) is 0 Å². The highest BCUT2D eigenvalue weighted by Gasteiger charge is 2.33. The topological polar surface area (TPSA) is 71.4 Å². The summed E-state index contributed by atoms with van der Waals surface area (Å²) in [5.74, 6) is -0.177. The summed E-state index contributed by atoms with van der Waals surface area (Å²) in [5.41, 5.74) is 7.18. The fraction of sp³-hybridized carbons (Fsp3) is 0.0476. The molecule has 0 saturated heterocycles. The molecule has 0 aromatic heterocycles. The molecule has 0 amide bonds. The van der Waals surface area contributed by atoms with Crippen molar-refractivity contribution >= 4 is 28.7 Å². The second-order valence-corrected chi connectivity index (χ2v) is 6.42. The second-order valence-electron chi connectivity index (χ2n) is 6.02. The molecule has 0 aliphatic carbocycles. The molecule has 0 saturated carbocycles. The van der Waals surface area contributed by atoms with E-state index in [1.807, 2.05) is 24.3 Å². The lowest BCUT2D eigenvalue weighted by Crippen LogP contribution is -2.16. The van der Waals surface area contributed by atoms with E-state index in [9.17, 15) is 9.65 Å². The summed E-state index contributed by atoms with van der Waals surface area (Å²) in [6.45, 7) is 0. The molecule has 0 radical (unpaired) electrons. The molecule has 0 spiro atoms. The SMILES string of the molecule is N#CC1=C(/N=C/N)Oc2c(cc(Cl)c3ccccc23)C1c1ccc(F)cc1. The number of aliphatic imine (C=N–C) groups is 1. The van der Waals surface area contributed by atoms with E-state index in [0.717, 1.165) is 28.2 Å². The lowest BCUT2D eigenvalue weighted by molar-refractivity contribution is 0.400. The number of allylic oxidation sites excluding steroid dienone is 1. The van der Waals surface area contributed by atoms with Crippen LogP contribution in [0.4, 0.5) is 4.39 Å². The van der Waals surface area contributed by atoms with Crippen LogP contribution >= 0.6 is 11.6 Å². The number of ether oxygens (including phenoxy) is 1. The van der Waals surface area contributed by atoms with Crippen molar-refractivity contribution < 1.29 is 9.13 Å². The third kappa shape index (κ3) is 2.80. The van der Waals surface area contributed by atoms with Crippen LogP contribution in [0.3, 0.4) is 0 Å². The number of nitrogens with two attached hydrogens (primary N) is 1. The molecule has 1 atom stereocenters. The van der Waals surface area contributed by atoms with Crippen molar-refractivity contribution in [3.8, 4) is 11.8 Å². The van der Waals surface area contributed by atoms with Crippen molar-refractivity contribution in [2.75, 3.05) is 0 Å². The highest BCUT2D eigenvalue weighted by molar-refractivity contribution is 6.36. The van der Waals surface area contributed by atoms with Gasteiger partial charge < -0.3 is 10.5 Å². The van der Waals surface area contributed by atoms with E-state index in [-0.39, 0.29) is 17.3 Å². The van der Waals surface area contributed by atoms with Crippen LogP contribution in [-0.2, 0) is 0 Å². The van der Waals surface area contributed by atoms with Gasteiger partial charge in [-0.25, -0.2) is 9.38 Å². The monoisotopic (exact) mass is 377 g/mol. The van der Waals surface area contributed by atoms with Crippen molar-refractivity contribution in [3.63, 3.8) is 0 Å². The number of hydrogen-bond donors (Lipinski definition) is 1. The highest BCUT2D eigenvalue weighted by Crippen LogP contribution is 2.48. The van der Waals surface area contributed by atoms with Gasteiger partial charge in [0.15, 0.2) is 0 Å². The molecule has 0 fully saturated rings. The van der Waals surface area contributed by atoms with Crippen LogP contribution < -0.4 is 10.5 Å². The molecule has 2 N–H and O–H groups in total. The quantitative estimate of drug-likeness (QED) is 0.511. The summed E-state index contributed by atoms with van der Waals surface area (Å²) in [6.07, 6.45) is 1.08. The zero-order valence-corrected chi connectivity index (χ0v) is 14.7. The summed E-state index contributed by atoms with van der Waals surface area (Å²) in [6, 6.07) is 17.5. The molecule has 4 nitrogen and oxygen atoms in total. The third-order valence-electron chi connectivity index (χ3n) is 4.52. The fourth-order valence-corrected chi connectivity index (χ4v) is 3.64. The molecule has 0 bridgehead atoms. The largest absolute Gasteiger partial charge is 0.437 e. The van der Waals surface area contributed by atoms with Gasteiger partial charge in [0.2, 0.25) is 5.88 Å². The highest BCUT2D eigenvalue weighted by atomic mass is 35.5. The van der Waals surface area contributed by atoms with Gasteiger partial charge in [-0.15, -0.1) is 0 Å². The summed E-state index contributed by atoms with van der Waals surface area (Å²) >= 11 is 6.50. The lowest BCUT2D eigenvalue weighted by Gasteiger charge is -2.27. The first kappa shape index (κ1) is 17.1. The Morgan fingerprint density at radius 2 is 1.85 bits per heavy atom. The van der Waals surface area contributed by atoms with Crippen LogP contribution in [0.1, 0.15) is 17.0 Å². The predicted molar refractivity (Wildman–Crippen MR) is 103 cm³/mol. The molecule has 1 aliphatic rings. The first-order valence-electron chi connectivity index (χ1n) is 8.17. The number of halogens is 2. The molecule has 1 unspecified atom stereocenters. The lowest BCUT2D eigenvalue weighted by atomic mass is 9.82. The minimum Gasteiger partial charge on any atom is -0.437 e. The Hall–Kier alpha value is -3.36. The maximum Gasteiger partial charge on any atom is 0.235 e. The average molecular weight is 378 g/mol. The Morgan fingerprint density at radius 1 is 1.15 bits per heavy atom. The molecule has 3 aromatic rings. The van der Waals surface area contributed by atoms with Gasteiger partial charge in [0, 0.05) is 21.4 Å². The van der Waals surface area contributed by atoms with E-state index in [1.54, 1.807) is 18.2 Å². The zero-order chi connectivity index (χ0) is 19.0. The molecule has 132 valence electrons. The Kier molecular flexibility index (Phi) is 4.27. The molecule has 1 aliphatic heterocycles. The Balaban J connectivity index is 2.06. The number of benzene rings is 3. The Bertz CT molecular complexity index is 1150. The second kappa shape index (κ2) is 6.75. The maximum absolute atomic E-state index is 13.4. The maximum atomic E-state index is 13.4. The van der Waals surface area contributed by atoms with Gasteiger partial charge in [-0.1, -0.05) is 48.0 Å². The van der Waals surface area contributed by atoms with Gasteiger partial charge in [-0.05, 0) is 23.8 Å². The first-order valence-corrected chi connectivity index (χ1v) is 8.55. The van der Waals surface area contributed by atoms with Crippen molar-refractivity contribution in [3.05, 3.63) is 88.0 Å². The van der Waals surface area contributed by atoms with E-state index in [1.165, 1.54) is 12.1 Å². The van der Waals surface area contributed by atoms with Gasteiger partial charge in [0.1, 0.15) is 23.2 Å². The number of fused-ring (bicyclic) bond motifs is 3. The van der Waals surface area contributed by atoms with Crippen LogP contribution in [0.2, 0.25) is 5.02 Å². The Labute approximate surface area is 160 Å². The van der Waals surface area contributed by atoms with Crippen molar-refractivity contribution in [2.24, 2.45) is 10.7 Å². The molecule has 3 aromatic carbocycles. The molecule has 1 heterocycles. The summed E-state index contributed by atoms with van der Waals surface area (Å²) < 4.78 is 19.4. The Morgan fingerprint density at radius 3 is 2.52 bits per heavy atom. The van der Waals surface area contributed by atoms with Crippen LogP contribution in [0.15, 0.2) is 71.0 Å². The van der Waals surface area contributed by atoms with Gasteiger partial charge in [-0.3, -0.25) is 0 Å². The molecular weight excluding hydrogens is 365 g/mol. The van der Waals surface area contributed by atoms with Gasteiger partial charge in [0.05, 0.1) is 12.3 Å². The summed E-state index contributed by atoms with van der Waals surface area (Å²) in [5, 5.41) is 11.9. The fourth-order valence-electron chi connectivity index (χ4n) is 3.36. The summed E-state index contributed by atoms with van der Waals surface area (Å²) in [7, 11) is 0. The van der Waals surface area contributed by atoms with E-state index in [4.69, 9.17) is 22.1 Å². The van der Waals surface area contributed by atoms with Crippen LogP contribution in [0, 0.1) is 17.1 Å². The minimum atomic E-state index is -0.500. The van der Waals surface area contributed by atoms with Crippen LogP contribution in [0.5, 0.6) is 5.75 Å². The van der Waals surface area contributed by atoms with Crippen molar-refractivity contribution in [1.29, 1.82) is 5.26 Å². The molecule has 4 rings (SSSR count). The number of nitrogens with zero attached hydrogens (tertiary/aromatic N) is 2. The predicted octanol–water partition coefficient (Wildman–Crippen LogP) is 4.88. The van der Waals surface area contributed by atoms with Crippen LogP contribution in [0.25, 0.3) is 10.8 Å². The first-order chi connectivity index (χ1) is 13.1. The van der Waals surface area contributed by atoms with Gasteiger partial charge in [-0.2, -0.15) is 5.26 Å².